The largest absolute Gasteiger partial charge is 0.493 e. The van der Waals surface area contributed by atoms with Crippen LogP contribution in [0, 0.1) is 17.8 Å². The summed E-state index contributed by atoms with van der Waals surface area (Å²) in [7, 11) is 3.27. The fourth-order valence-electron chi connectivity index (χ4n) is 5.78. The highest BCUT2D eigenvalue weighted by molar-refractivity contribution is 5.96. The molecule has 2 aliphatic rings. The van der Waals surface area contributed by atoms with E-state index in [-0.39, 0.29) is 24.0 Å². The molecule has 2 aliphatic heterocycles. The number of hydrogen-bond acceptors (Lipinski definition) is 8. The molecule has 1 N–H and O–H groups in total. The summed E-state index contributed by atoms with van der Waals surface area (Å²) >= 11 is 0. The first-order valence-electron chi connectivity index (χ1n) is 14.6. The summed E-state index contributed by atoms with van der Waals surface area (Å²) in [5, 5.41) is 2.66. The van der Waals surface area contributed by atoms with Crippen molar-refractivity contribution in [2.45, 2.75) is 91.5 Å². The lowest BCUT2D eigenvalue weighted by Crippen LogP contribution is -2.49. The lowest BCUT2D eigenvalue weighted by Gasteiger charge is -2.47. The molecule has 1 amide bonds. The van der Waals surface area contributed by atoms with E-state index < -0.39 is 29.5 Å². The van der Waals surface area contributed by atoms with Crippen molar-refractivity contribution in [2.24, 2.45) is 17.8 Å². The van der Waals surface area contributed by atoms with Crippen molar-refractivity contribution in [1.29, 1.82) is 0 Å². The quantitative estimate of drug-likeness (QED) is 0.320. The number of carbonyl (C=O) groups is 3. The first-order valence-corrected chi connectivity index (χ1v) is 14.6. The molecule has 2 heterocycles. The van der Waals surface area contributed by atoms with E-state index in [0.29, 0.717) is 23.8 Å². The molecule has 0 bridgehead atoms. The first kappa shape index (κ1) is 32.4. The van der Waals surface area contributed by atoms with E-state index in [9.17, 15) is 14.4 Å². The van der Waals surface area contributed by atoms with Crippen LogP contribution in [0.3, 0.4) is 0 Å². The second-order valence-electron chi connectivity index (χ2n) is 12.9. The van der Waals surface area contributed by atoms with Crippen molar-refractivity contribution in [3.8, 4) is 11.5 Å². The third kappa shape index (κ3) is 8.71. The fourth-order valence-corrected chi connectivity index (χ4v) is 5.78. The van der Waals surface area contributed by atoms with Crippen LogP contribution in [0.2, 0.25) is 0 Å². The van der Waals surface area contributed by atoms with Gasteiger partial charge in [-0.15, -0.1) is 0 Å². The molecule has 1 aromatic carbocycles. The molecule has 0 aromatic heterocycles. The van der Waals surface area contributed by atoms with Crippen molar-refractivity contribution in [3.63, 3.8) is 0 Å². The third-order valence-corrected chi connectivity index (χ3v) is 7.60. The van der Waals surface area contributed by atoms with E-state index in [1.165, 1.54) is 11.1 Å². The van der Waals surface area contributed by atoms with Gasteiger partial charge in [0.05, 0.1) is 14.2 Å². The molecule has 3 rings (SSSR count). The molecule has 228 valence electrons. The summed E-state index contributed by atoms with van der Waals surface area (Å²) in [4.78, 5) is 40.6. The number of esters is 2. The topological polar surface area (TPSA) is 103 Å². The van der Waals surface area contributed by atoms with Crippen LogP contribution < -0.4 is 14.8 Å². The van der Waals surface area contributed by atoms with E-state index >= 15 is 0 Å². The van der Waals surface area contributed by atoms with E-state index in [2.05, 4.69) is 30.1 Å². The van der Waals surface area contributed by atoms with Crippen LogP contribution in [-0.4, -0.2) is 67.8 Å². The van der Waals surface area contributed by atoms with Gasteiger partial charge in [0.2, 0.25) is 5.91 Å². The number of amides is 1. The molecule has 9 nitrogen and oxygen atoms in total. The predicted molar refractivity (Wildman–Crippen MR) is 157 cm³/mol. The molecule has 1 saturated heterocycles. The Morgan fingerprint density at radius 1 is 1.05 bits per heavy atom. The van der Waals surface area contributed by atoms with Crippen LogP contribution >= 0.6 is 0 Å². The van der Waals surface area contributed by atoms with Gasteiger partial charge in [0.1, 0.15) is 17.7 Å². The SMILES string of the molecule is COc1cc2c(cc1OC)[C@H]1C[C@@H](OC(=O)/C=C/C(=O)N[C@H](C(=O)OC(C)(C)C)C(C)C)[C@H](CC(C)C)CN1CC2. The van der Waals surface area contributed by atoms with Gasteiger partial charge >= 0.3 is 11.9 Å². The maximum absolute atomic E-state index is 12.9. The number of benzene rings is 1. The van der Waals surface area contributed by atoms with E-state index in [4.69, 9.17) is 18.9 Å². The molecule has 1 fully saturated rings. The standard InChI is InChI=1S/C32H48N2O7/c1-19(2)14-22-18-34-13-12-21-15-26(38-8)27(39-9)16-23(21)24(34)17-25(22)40-29(36)11-10-28(35)33-30(20(3)4)31(37)41-32(5,6)7/h10-11,15-16,19-20,22,24-25,30H,12-14,17-18H2,1-9H3,(H,33,35)/b11-10+/t22-,24-,25-,30+/m1/s1. The normalized spacial score (nSPS) is 21.7. The van der Waals surface area contributed by atoms with Crippen molar-refractivity contribution in [1.82, 2.24) is 10.2 Å². The summed E-state index contributed by atoms with van der Waals surface area (Å²) in [6, 6.07) is 3.36. The zero-order chi connectivity index (χ0) is 30.5. The Kier molecular flexibility index (Phi) is 10.9. The number of nitrogens with one attached hydrogen (secondary N) is 1. The monoisotopic (exact) mass is 572 g/mol. The minimum absolute atomic E-state index is 0.0904. The molecule has 0 aliphatic carbocycles. The highest BCUT2D eigenvalue weighted by Crippen LogP contribution is 2.44. The molecule has 0 saturated carbocycles. The Bertz CT molecular complexity index is 1120. The van der Waals surface area contributed by atoms with Crippen LogP contribution in [0.25, 0.3) is 0 Å². The Labute approximate surface area is 244 Å². The van der Waals surface area contributed by atoms with Crippen LogP contribution in [0.5, 0.6) is 11.5 Å². The Balaban J connectivity index is 1.73. The summed E-state index contributed by atoms with van der Waals surface area (Å²) in [5.74, 6) is 0.196. The smallest absolute Gasteiger partial charge is 0.331 e. The summed E-state index contributed by atoms with van der Waals surface area (Å²) in [5.41, 5.74) is 1.72. The molecular formula is C32H48N2O7. The van der Waals surface area contributed by atoms with Crippen molar-refractivity contribution in [3.05, 3.63) is 35.4 Å². The maximum Gasteiger partial charge on any atom is 0.331 e. The van der Waals surface area contributed by atoms with Gasteiger partial charge < -0.3 is 24.3 Å². The van der Waals surface area contributed by atoms with Gasteiger partial charge in [-0.25, -0.2) is 9.59 Å². The second-order valence-corrected chi connectivity index (χ2v) is 12.9. The number of nitrogens with zero attached hydrogens (tertiary/aromatic N) is 1. The third-order valence-electron chi connectivity index (χ3n) is 7.60. The predicted octanol–water partition coefficient (Wildman–Crippen LogP) is 4.62. The second kappa shape index (κ2) is 13.7. The number of ether oxygens (including phenoxy) is 4. The molecule has 0 radical (unpaired) electrons. The Morgan fingerprint density at radius 2 is 1.71 bits per heavy atom. The van der Waals surface area contributed by atoms with E-state index in [1.807, 2.05) is 19.9 Å². The fraction of sp³-hybridized carbons (Fsp3) is 0.656. The van der Waals surface area contributed by atoms with Gasteiger partial charge in [-0.2, -0.15) is 0 Å². The van der Waals surface area contributed by atoms with Gasteiger partial charge in [0, 0.05) is 43.6 Å². The maximum atomic E-state index is 12.9. The molecular weight excluding hydrogens is 524 g/mol. The summed E-state index contributed by atoms with van der Waals surface area (Å²) in [6.07, 6.45) is 4.47. The lowest BCUT2D eigenvalue weighted by atomic mass is 9.79. The Morgan fingerprint density at radius 3 is 2.29 bits per heavy atom. The summed E-state index contributed by atoms with van der Waals surface area (Å²) in [6.45, 7) is 15.1. The Hall–Kier alpha value is -3.07. The molecule has 0 spiro atoms. The van der Waals surface area contributed by atoms with Gasteiger partial charge in [0.15, 0.2) is 11.5 Å². The number of carbonyl (C=O) groups excluding carboxylic acids is 3. The van der Waals surface area contributed by atoms with Crippen molar-refractivity contribution < 1.29 is 33.3 Å². The van der Waals surface area contributed by atoms with Gasteiger partial charge in [-0.1, -0.05) is 27.7 Å². The van der Waals surface area contributed by atoms with Crippen LogP contribution in [0.15, 0.2) is 24.3 Å². The van der Waals surface area contributed by atoms with Gasteiger partial charge in [-0.3, -0.25) is 9.69 Å². The average molecular weight is 573 g/mol. The van der Waals surface area contributed by atoms with Crippen LogP contribution in [0.4, 0.5) is 0 Å². The molecule has 41 heavy (non-hydrogen) atoms. The zero-order valence-corrected chi connectivity index (χ0v) is 26.1. The van der Waals surface area contributed by atoms with Gasteiger partial charge in [0.25, 0.3) is 0 Å². The van der Waals surface area contributed by atoms with Gasteiger partial charge in [-0.05, 0) is 68.7 Å². The van der Waals surface area contributed by atoms with E-state index in [0.717, 1.165) is 38.1 Å². The zero-order valence-electron chi connectivity index (χ0n) is 26.1. The highest BCUT2D eigenvalue weighted by Gasteiger charge is 2.41. The minimum atomic E-state index is -0.830. The average Bonchev–Trinajstić information content (AvgIpc) is 2.88. The number of piperidine rings is 1. The molecule has 4 atom stereocenters. The van der Waals surface area contributed by atoms with Crippen molar-refractivity contribution >= 4 is 17.8 Å². The minimum Gasteiger partial charge on any atom is -0.493 e. The van der Waals surface area contributed by atoms with E-state index in [1.54, 1.807) is 35.0 Å². The van der Waals surface area contributed by atoms with Crippen molar-refractivity contribution in [2.75, 3.05) is 27.3 Å². The lowest BCUT2D eigenvalue weighted by molar-refractivity contribution is -0.159. The number of hydrogen-bond donors (Lipinski definition) is 1. The summed E-state index contributed by atoms with van der Waals surface area (Å²) < 4.78 is 22.5. The molecule has 1 aromatic rings. The first-order chi connectivity index (χ1) is 19.2. The molecule has 0 unspecified atom stereocenters. The number of methoxy groups -OCH3 is 2. The van der Waals surface area contributed by atoms with Crippen LogP contribution in [0.1, 0.15) is 78.5 Å². The number of fused-ring (bicyclic) bond motifs is 3. The van der Waals surface area contributed by atoms with Crippen LogP contribution in [-0.2, 0) is 30.3 Å². The molecule has 9 heteroatoms. The highest BCUT2D eigenvalue weighted by atomic mass is 16.6. The number of rotatable bonds is 10.